The largest absolute Gasteiger partial charge is 0.333 e. The molecule has 0 saturated carbocycles. The van der Waals surface area contributed by atoms with E-state index >= 15 is 0 Å². The molecule has 0 aliphatic rings. The van der Waals surface area contributed by atoms with Crippen LogP contribution in [-0.4, -0.2) is 19.6 Å². The van der Waals surface area contributed by atoms with Gasteiger partial charge < -0.3 is 5.32 Å². The zero-order valence-electron chi connectivity index (χ0n) is 11.8. The first kappa shape index (κ1) is 14.6. The lowest BCUT2D eigenvalue weighted by Crippen LogP contribution is -2.17. The molecule has 20 heavy (non-hydrogen) atoms. The molecular formula is C13H19F2N5. The van der Waals surface area contributed by atoms with Crippen molar-refractivity contribution in [2.75, 3.05) is 0 Å². The van der Waals surface area contributed by atoms with Gasteiger partial charge in [0.05, 0.1) is 11.4 Å². The fourth-order valence-corrected chi connectivity index (χ4v) is 1.94. The third-order valence-electron chi connectivity index (χ3n) is 3.11. The molecule has 0 fully saturated rings. The lowest BCUT2D eigenvalue weighted by Gasteiger charge is -2.07. The maximum Gasteiger partial charge on any atom is 0.333 e. The van der Waals surface area contributed by atoms with Gasteiger partial charge in [0.1, 0.15) is 0 Å². The molecule has 0 saturated heterocycles. The summed E-state index contributed by atoms with van der Waals surface area (Å²) in [4.78, 5) is 0. The predicted octanol–water partition coefficient (Wildman–Crippen LogP) is 2.65. The third kappa shape index (κ3) is 3.22. The Labute approximate surface area is 116 Å². The van der Waals surface area contributed by atoms with Gasteiger partial charge in [-0.2, -0.15) is 19.0 Å². The maximum atomic E-state index is 12.6. The first-order valence-electron chi connectivity index (χ1n) is 6.55. The molecule has 110 valence electrons. The first-order valence-corrected chi connectivity index (χ1v) is 6.55. The summed E-state index contributed by atoms with van der Waals surface area (Å²) in [7, 11) is 0. The van der Waals surface area contributed by atoms with Crippen LogP contribution in [0.15, 0.2) is 18.5 Å². The molecular weight excluding hydrogens is 264 g/mol. The minimum atomic E-state index is -2.60. The lowest BCUT2D eigenvalue weighted by atomic mass is 10.2. The molecule has 2 rings (SSSR count). The number of hydrogen-bond acceptors (Lipinski definition) is 3. The Hall–Kier alpha value is -1.76. The summed E-state index contributed by atoms with van der Waals surface area (Å²) in [6, 6.07) is 1.89. The van der Waals surface area contributed by atoms with E-state index in [1.807, 2.05) is 17.8 Å². The summed E-state index contributed by atoms with van der Waals surface area (Å²) in [6.45, 7) is 4.39. The molecule has 2 aromatic rings. The number of rotatable bonds is 6. The highest BCUT2D eigenvalue weighted by Gasteiger charge is 2.11. The van der Waals surface area contributed by atoms with E-state index in [2.05, 4.69) is 29.4 Å². The molecule has 7 heteroatoms. The minimum Gasteiger partial charge on any atom is -0.307 e. The van der Waals surface area contributed by atoms with Gasteiger partial charge in [-0.1, -0.05) is 0 Å². The van der Waals surface area contributed by atoms with Gasteiger partial charge in [-0.05, 0) is 26.8 Å². The van der Waals surface area contributed by atoms with Crippen molar-refractivity contribution in [3.8, 4) is 0 Å². The molecule has 1 N–H and O–H groups in total. The second-order valence-electron chi connectivity index (χ2n) is 4.96. The monoisotopic (exact) mass is 283 g/mol. The number of hydrogen-bond donors (Lipinski definition) is 1. The summed E-state index contributed by atoms with van der Waals surface area (Å²) in [5.74, 6) is 0. The van der Waals surface area contributed by atoms with Crippen molar-refractivity contribution in [2.24, 2.45) is 0 Å². The van der Waals surface area contributed by atoms with E-state index in [4.69, 9.17) is 0 Å². The predicted molar refractivity (Wildman–Crippen MR) is 71.4 cm³/mol. The Morgan fingerprint density at radius 1 is 1.30 bits per heavy atom. The summed E-state index contributed by atoms with van der Waals surface area (Å²) < 4.78 is 27.9. The van der Waals surface area contributed by atoms with E-state index in [0.29, 0.717) is 24.8 Å². The average molecular weight is 283 g/mol. The zero-order valence-corrected chi connectivity index (χ0v) is 11.8. The summed E-state index contributed by atoms with van der Waals surface area (Å²) in [5.41, 5.74) is 2.49. The fraction of sp³-hybridized carbons (Fsp3) is 0.538. The van der Waals surface area contributed by atoms with Gasteiger partial charge in [0, 0.05) is 37.1 Å². The highest BCUT2D eigenvalue weighted by molar-refractivity contribution is 5.15. The molecule has 0 aliphatic carbocycles. The van der Waals surface area contributed by atoms with Crippen LogP contribution in [0, 0.1) is 6.92 Å². The van der Waals surface area contributed by atoms with Crippen LogP contribution < -0.4 is 5.32 Å². The molecule has 0 aliphatic heterocycles. The van der Waals surface area contributed by atoms with Crippen molar-refractivity contribution in [2.45, 2.75) is 46.5 Å². The van der Waals surface area contributed by atoms with Gasteiger partial charge >= 0.3 is 6.55 Å². The topological polar surface area (TPSA) is 47.7 Å². The van der Waals surface area contributed by atoms with Crippen molar-refractivity contribution < 1.29 is 8.78 Å². The Bertz CT molecular complexity index is 559. The molecule has 0 unspecified atom stereocenters. The standard InChI is InChI=1S/C13H19F2N5/c1-9(2)19-8-11(10(3)18-19)6-16-7-12-4-5-17-20(12)13(14)15/h4-5,8-9,13,16H,6-7H2,1-3H3. The quantitative estimate of drug-likeness (QED) is 0.886. The van der Waals surface area contributed by atoms with Gasteiger partial charge in [-0.15, -0.1) is 0 Å². The summed E-state index contributed by atoms with van der Waals surface area (Å²) in [6.07, 6.45) is 3.36. The van der Waals surface area contributed by atoms with Crippen LogP contribution >= 0.6 is 0 Å². The maximum absolute atomic E-state index is 12.6. The van der Waals surface area contributed by atoms with Gasteiger partial charge in [-0.3, -0.25) is 4.68 Å². The van der Waals surface area contributed by atoms with Crippen LogP contribution in [0.1, 0.15) is 43.4 Å². The van der Waals surface area contributed by atoms with Crippen LogP contribution in [-0.2, 0) is 13.1 Å². The molecule has 2 heterocycles. The number of halogens is 2. The van der Waals surface area contributed by atoms with Crippen molar-refractivity contribution in [3.05, 3.63) is 35.4 Å². The zero-order chi connectivity index (χ0) is 14.7. The normalized spacial score (nSPS) is 11.8. The number of alkyl halides is 2. The Morgan fingerprint density at radius 2 is 2.05 bits per heavy atom. The molecule has 2 aromatic heterocycles. The second-order valence-corrected chi connectivity index (χ2v) is 4.96. The Kier molecular flexibility index (Phi) is 4.49. The SMILES string of the molecule is Cc1nn(C(C)C)cc1CNCc1ccnn1C(F)F. The van der Waals surface area contributed by atoms with Crippen LogP contribution in [0.5, 0.6) is 0 Å². The first-order chi connectivity index (χ1) is 9.49. The average Bonchev–Trinajstić information content (AvgIpc) is 2.97. The Morgan fingerprint density at radius 3 is 2.65 bits per heavy atom. The van der Waals surface area contributed by atoms with Gasteiger partial charge in [-0.25, -0.2) is 4.68 Å². The smallest absolute Gasteiger partial charge is 0.307 e. The highest BCUT2D eigenvalue weighted by Crippen LogP contribution is 2.13. The number of aromatic nitrogens is 4. The minimum absolute atomic E-state index is 0.308. The van der Waals surface area contributed by atoms with Crippen LogP contribution in [0.3, 0.4) is 0 Å². The number of nitrogens with zero attached hydrogens (tertiary/aromatic N) is 4. The van der Waals surface area contributed by atoms with Crippen LogP contribution in [0.25, 0.3) is 0 Å². The van der Waals surface area contributed by atoms with Crippen LogP contribution in [0.2, 0.25) is 0 Å². The Balaban J connectivity index is 1.94. The van der Waals surface area contributed by atoms with Crippen molar-refractivity contribution in [1.82, 2.24) is 24.9 Å². The van der Waals surface area contributed by atoms with E-state index in [0.717, 1.165) is 15.9 Å². The van der Waals surface area contributed by atoms with E-state index in [1.54, 1.807) is 6.07 Å². The fourth-order valence-electron chi connectivity index (χ4n) is 1.94. The molecule has 0 radical (unpaired) electrons. The van der Waals surface area contributed by atoms with Crippen molar-refractivity contribution >= 4 is 0 Å². The molecule has 0 bridgehead atoms. The highest BCUT2D eigenvalue weighted by atomic mass is 19.3. The van der Waals surface area contributed by atoms with E-state index in [1.165, 1.54) is 6.20 Å². The summed E-state index contributed by atoms with van der Waals surface area (Å²) >= 11 is 0. The summed E-state index contributed by atoms with van der Waals surface area (Å²) in [5, 5.41) is 11.2. The molecule has 0 aromatic carbocycles. The molecule has 0 spiro atoms. The van der Waals surface area contributed by atoms with Crippen molar-refractivity contribution in [1.29, 1.82) is 0 Å². The van der Waals surface area contributed by atoms with E-state index in [9.17, 15) is 8.78 Å². The third-order valence-corrected chi connectivity index (χ3v) is 3.11. The molecule has 0 atom stereocenters. The van der Waals surface area contributed by atoms with Crippen LogP contribution in [0.4, 0.5) is 8.78 Å². The van der Waals surface area contributed by atoms with Crippen molar-refractivity contribution in [3.63, 3.8) is 0 Å². The second kappa shape index (κ2) is 6.13. The van der Waals surface area contributed by atoms with Gasteiger partial charge in [0.25, 0.3) is 0 Å². The van der Waals surface area contributed by atoms with E-state index in [-0.39, 0.29) is 0 Å². The number of aryl methyl sites for hydroxylation is 1. The lowest BCUT2D eigenvalue weighted by molar-refractivity contribution is 0.0531. The number of nitrogens with one attached hydrogen (secondary N) is 1. The van der Waals surface area contributed by atoms with Gasteiger partial charge in [0.2, 0.25) is 0 Å². The van der Waals surface area contributed by atoms with E-state index < -0.39 is 6.55 Å². The molecule has 0 amide bonds. The molecule has 5 nitrogen and oxygen atoms in total. The van der Waals surface area contributed by atoms with Gasteiger partial charge in [0.15, 0.2) is 0 Å².